The van der Waals surface area contributed by atoms with Gasteiger partial charge in [-0.05, 0) is 47.0 Å². The van der Waals surface area contributed by atoms with E-state index in [2.05, 4.69) is 48.1 Å². The van der Waals surface area contributed by atoms with Gasteiger partial charge in [-0.25, -0.2) is 0 Å². The van der Waals surface area contributed by atoms with Crippen molar-refractivity contribution in [2.75, 3.05) is 11.9 Å². The molecule has 0 spiro atoms. The Labute approximate surface area is 111 Å². The van der Waals surface area contributed by atoms with Crippen molar-refractivity contribution in [2.24, 2.45) is 11.7 Å². The molecule has 0 amide bonds. The van der Waals surface area contributed by atoms with Crippen LogP contribution in [0.4, 0.5) is 5.69 Å². The van der Waals surface area contributed by atoms with E-state index in [0.29, 0.717) is 18.0 Å². The van der Waals surface area contributed by atoms with Gasteiger partial charge in [-0.1, -0.05) is 13.8 Å². The molecule has 0 aliphatic carbocycles. The van der Waals surface area contributed by atoms with Gasteiger partial charge < -0.3 is 11.1 Å². The topological polar surface area (TPSA) is 61.8 Å². The summed E-state index contributed by atoms with van der Waals surface area (Å²) in [5.41, 5.74) is 7.28. The minimum absolute atomic E-state index is 0.156. The monoisotopic (exact) mass is 295 g/mol. The molecule has 0 bridgehead atoms. The lowest BCUT2D eigenvalue weighted by Crippen LogP contribution is -2.47. The lowest BCUT2D eigenvalue weighted by Gasteiger charge is -2.35. The molecule has 0 saturated carbocycles. The highest BCUT2D eigenvalue weighted by Crippen LogP contribution is 2.28. The maximum absolute atomic E-state index is 8.81. The van der Waals surface area contributed by atoms with Gasteiger partial charge in [0.15, 0.2) is 0 Å². The Hall–Kier alpha value is -1.05. The van der Waals surface area contributed by atoms with Crippen LogP contribution in [0, 0.1) is 17.2 Å². The van der Waals surface area contributed by atoms with Crippen molar-refractivity contribution in [1.29, 1.82) is 5.26 Å². The maximum Gasteiger partial charge on any atom is 0.0992 e. The number of rotatable bonds is 4. The van der Waals surface area contributed by atoms with Crippen LogP contribution in [0.15, 0.2) is 22.7 Å². The van der Waals surface area contributed by atoms with Crippen LogP contribution >= 0.6 is 15.9 Å². The van der Waals surface area contributed by atoms with Crippen molar-refractivity contribution in [1.82, 2.24) is 0 Å². The van der Waals surface area contributed by atoms with E-state index in [1.807, 2.05) is 6.07 Å². The lowest BCUT2D eigenvalue weighted by atomic mass is 9.88. The summed E-state index contributed by atoms with van der Waals surface area (Å²) in [4.78, 5) is 0. The van der Waals surface area contributed by atoms with Crippen LogP contribution in [0.5, 0.6) is 0 Å². The summed E-state index contributed by atoms with van der Waals surface area (Å²) < 4.78 is 0.886. The van der Waals surface area contributed by atoms with Crippen molar-refractivity contribution < 1.29 is 0 Å². The number of nitriles is 1. The molecule has 0 aliphatic heterocycles. The van der Waals surface area contributed by atoms with Crippen molar-refractivity contribution in [3.63, 3.8) is 0 Å². The van der Waals surface area contributed by atoms with E-state index < -0.39 is 0 Å². The number of nitrogens with two attached hydrogens (primary N) is 1. The highest BCUT2D eigenvalue weighted by Gasteiger charge is 2.26. The first kappa shape index (κ1) is 14.0. The summed E-state index contributed by atoms with van der Waals surface area (Å²) >= 11 is 3.46. The molecule has 0 radical (unpaired) electrons. The second-order valence-corrected chi connectivity index (χ2v) is 5.56. The molecule has 0 heterocycles. The Bertz CT molecular complexity index is 437. The largest absolute Gasteiger partial charge is 0.377 e. The van der Waals surface area contributed by atoms with Crippen LogP contribution in [0.2, 0.25) is 0 Å². The van der Waals surface area contributed by atoms with Gasteiger partial charge in [0, 0.05) is 22.2 Å². The Morgan fingerprint density at radius 2 is 2.18 bits per heavy atom. The molecule has 1 aromatic rings. The second-order valence-electron chi connectivity index (χ2n) is 4.71. The van der Waals surface area contributed by atoms with E-state index in [1.165, 1.54) is 0 Å². The van der Waals surface area contributed by atoms with Crippen molar-refractivity contribution in [2.45, 2.75) is 26.3 Å². The molecule has 0 aliphatic rings. The maximum atomic E-state index is 8.81. The van der Waals surface area contributed by atoms with Crippen LogP contribution in [-0.2, 0) is 0 Å². The minimum atomic E-state index is -0.156. The summed E-state index contributed by atoms with van der Waals surface area (Å²) in [6.07, 6.45) is 0. The third-order valence-electron chi connectivity index (χ3n) is 3.22. The standard InChI is InChI=1S/C13H18BrN3/c1-9(2)13(3,8-16)17-12-5-4-10(7-15)6-11(12)14/h4-6,9,17H,8,16H2,1-3H3. The molecule has 1 atom stereocenters. The number of hydrogen-bond donors (Lipinski definition) is 2. The Morgan fingerprint density at radius 1 is 1.53 bits per heavy atom. The molecule has 0 fully saturated rings. The lowest BCUT2D eigenvalue weighted by molar-refractivity contribution is 0.382. The molecule has 0 saturated heterocycles. The number of anilines is 1. The SMILES string of the molecule is CC(C)C(C)(CN)Nc1ccc(C#N)cc1Br. The third-order valence-corrected chi connectivity index (χ3v) is 3.87. The summed E-state index contributed by atoms with van der Waals surface area (Å²) in [5.74, 6) is 0.412. The molecule has 3 nitrogen and oxygen atoms in total. The molecule has 1 aromatic carbocycles. The molecule has 1 rings (SSSR count). The first-order chi connectivity index (χ1) is 7.92. The van der Waals surface area contributed by atoms with Gasteiger partial charge in [-0.15, -0.1) is 0 Å². The smallest absolute Gasteiger partial charge is 0.0992 e. The predicted octanol–water partition coefficient (Wildman–Crippen LogP) is 3.11. The van der Waals surface area contributed by atoms with Crippen LogP contribution < -0.4 is 11.1 Å². The van der Waals surface area contributed by atoms with Gasteiger partial charge in [-0.2, -0.15) is 5.26 Å². The Balaban J connectivity index is 3.00. The van der Waals surface area contributed by atoms with Crippen LogP contribution in [-0.4, -0.2) is 12.1 Å². The van der Waals surface area contributed by atoms with E-state index in [-0.39, 0.29) is 5.54 Å². The molecule has 3 N–H and O–H groups in total. The number of hydrogen-bond acceptors (Lipinski definition) is 3. The van der Waals surface area contributed by atoms with Gasteiger partial charge in [0.25, 0.3) is 0 Å². The van der Waals surface area contributed by atoms with E-state index in [9.17, 15) is 0 Å². The van der Waals surface area contributed by atoms with Crippen molar-refractivity contribution >= 4 is 21.6 Å². The van der Waals surface area contributed by atoms with E-state index in [1.54, 1.807) is 12.1 Å². The molecule has 92 valence electrons. The number of halogens is 1. The number of benzene rings is 1. The number of nitrogens with zero attached hydrogens (tertiary/aromatic N) is 1. The average Bonchev–Trinajstić information content (AvgIpc) is 2.31. The number of nitrogens with one attached hydrogen (secondary N) is 1. The van der Waals surface area contributed by atoms with E-state index in [0.717, 1.165) is 10.2 Å². The zero-order valence-corrected chi connectivity index (χ0v) is 12.0. The van der Waals surface area contributed by atoms with Gasteiger partial charge in [0.05, 0.1) is 11.6 Å². The quantitative estimate of drug-likeness (QED) is 0.897. The average molecular weight is 296 g/mol. The van der Waals surface area contributed by atoms with Gasteiger partial charge in [0.1, 0.15) is 0 Å². The second kappa shape index (κ2) is 5.52. The normalized spacial score (nSPS) is 14.2. The first-order valence-corrected chi connectivity index (χ1v) is 6.40. The third kappa shape index (κ3) is 3.21. The zero-order chi connectivity index (χ0) is 13.1. The highest BCUT2D eigenvalue weighted by molar-refractivity contribution is 9.10. The Kier molecular flexibility index (Phi) is 4.55. The summed E-state index contributed by atoms with van der Waals surface area (Å²) in [7, 11) is 0. The molecule has 4 heteroatoms. The summed E-state index contributed by atoms with van der Waals surface area (Å²) in [5, 5.41) is 12.3. The Morgan fingerprint density at radius 3 is 2.59 bits per heavy atom. The van der Waals surface area contributed by atoms with E-state index in [4.69, 9.17) is 11.0 Å². The molecule has 1 unspecified atom stereocenters. The summed E-state index contributed by atoms with van der Waals surface area (Å²) in [6.45, 7) is 6.92. The predicted molar refractivity (Wildman–Crippen MR) is 74.8 cm³/mol. The fourth-order valence-electron chi connectivity index (χ4n) is 1.42. The summed E-state index contributed by atoms with van der Waals surface area (Å²) in [6, 6.07) is 7.61. The van der Waals surface area contributed by atoms with Gasteiger partial charge >= 0.3 is 0 Å². The van der Waals surface area contributed by atoms with E-state index >= 15 is 0 Å². The first-order valence-electron chi connectivity index (χ1n) is 5.61. The highest BCUT2D eigenvalue weighted by atomic mass is 79.9. The fraction of sp³-hybridized carbons (Fsp3) is 0.462. The van der Waals surface area contributed by atoms with Crippen LogP contribution in [0.3, 0.4) is 0 Å². The molecule has 0 aromatic heterocycles. The van der Waals surface area contributed by atoms with Gasteiger partial charge in [0.2, 0.25) is 0 Å². The molecular weight excluding hydrogens is 278 g/mol. The van der Waals surface area contributed by atoms with Crippen LogP contribution in [0.25, 0.3) is 0 Å². The zero-order valence-electron chi connectivity index (χ0n) is 10.4. The molecular formula is C13H18BrN3. The molecule has 17 heavy (non-hydrogen) atoms. The van der Waals surface area contributed by atoms with Gasteiger partial charge in [-0.3, -0.25) is 0 Å². The fourth-order valence-corrected chi connectivity index (χ4v) is 1.90. The minimum Gasteiger partial charge on any atom is -0.377 e. The van der Waals surface area contributed by atoms with Crippen molar-refractivity contribution in [3.8, 4) is 6.07 Å². The van der Waals surface area contributed by atoms with Crippen molar-refractivity contribution in [3.05, 3.63) is 28.2 Å². The van der Waals surface area contributed by atoms with Crippen LogP contribution in [0.1, 0.15) is 26.3 Å².